The Bertz CT molecular complexity index is 628. The monoisotopic (exact) mass is 237 g/mol. The van der Waals surface area contributed by atoms with Crippen molar-refractivity contribution in [3.05, 3.63) is 66.6 Å². The van der Waals surface area contributed by atoms with Crippen LogP contribution in [0.15, 0.2) is 65.5 Å². The van der Waals surface area contributed by atoms with Crippen molar-refractivity contribution in [1.82, 2.24) is 0 Å². The second-order valence-electron chi connectivity index (χ2n) is 4.38. The molecule has 0 radical (unpaired) electrons. The van der Waals surface area contributed by atoms with E-state index in [1.807, 2.05) is 6.07 Å². The van der Waals surface area contributed by atoms with Gasteiger partial charge in [-0.05, 0) is 30.2 Å². The molecular weight excluding hydrogens is 222 g/mol. The molecule has 90 valence electrons. The molecule has 0 aliphatic rings. The second kappa shape index (κ2) is 4.96. The molecule has 1 N–H and O–H groups in total. The number of benzene rings is 2. The summed E-state index contributed by atoms with van der Waals surface area (Å²) in [4.78, 5) is 0. The zero-order valence-electron chi connectivity index (χ0n) is 10.1. The van der Waals surface area contributed by atoms with Crippen LogP contribution in [0.3, 0.4) is 0 Å². The van der Waals surface area contributed by atoms with Gasteiger partial charge in [0.05, 0.1) is 12.5 Å². The number of hydrogen-bond donors (Lipinski definition) is 1. The smallest absolute Gasteiger partial charge is 0.0982 e. The van der Waals surface area contributed by atoms with Gasteiger partial charge < -0.3 is 9.73 Å². The van der Waals surface area contributed by atoms with E-state index in [0.717, 1.165) is 29.4 Å². The molecule has 3 aromatic rings. The lowest BCUT2D eigenvalue weighted by Gasteiger charge is -2.06. The van der Waals surface area contributed by atoms with E-state index in [-0.39, 0.29) is 0 Å². The minimum absolute atomic E-state index is 0.938. The third-order valence-corrected chi connectivity index (χ3v) is 3.06. The van der Waals surface area contributed by atoms with Crippen LogP contribution < -0.4 is 5.32 Å². The Hall–Kier alpha value is -2.22. The first-order chi connectivity index (χ1) is 8.92. The Morgan fingerprint density at radius 3 is 2.61 bits per heavy atom. The fourth-order valence-electron chi connectivity index (χ4n) is 2.07. The van der Waals surface area contributed by atoms with E-state index in [1.54, 1.807) is 12.5 Å². The fraction of sp³-hybridized carbons (Fsp3) is 0.125. The number of rotatable bonds is 4. The molecular formula is C16H15NO. The van der Waals surface area contributed by atoms with Gasteiger partial charge in [-0.25, -0.2) is 0 Å². The molecule has 0 spiro atoms. The van der Waals surface area contributed by atoms with Crippen LogP contribution in [0, 0.1) is 0 Å². The summed E-state index contributed by atoms with van der Waals surface area (Å²) in [5.74, 6) is 0. The largest absolute Gasteiger partial charge is 0.471 e. The molecule has 2 heteroatoms. The lowest BCUT2D eigenvalue weighted by molar-refractivity contribution is 0.572. The molecule has 0 amide bonds. The van der Waals surface area contributed by atoms with Gasteiger partial charge in [-0.3, -0.25) is 0 Å². The van der Waals surface area contributed by atoms with Crippen molar-refractivity contribution in [1.29, 1.82) is 0 Å². The lowest BCUT2D eigenvalue weighted by Crippen LogP contribution is -2.04. The van der Waals surface area contributed by atoms with Crippen molar-refractivity contribution in [3.8, 4) is 0 Å². The normalized spacial score (nSPS) is 10.7. The van der Waals surface area contributed by atoms with Gasteiger partial charge in [-0.2, -0.15) is 0 Å². The van der Waals surface area contributed by atoms with Crippen molar-refractivity contribution in [3.63, 3.8) is 0 Å². The second-order valence-corrected chi connectivity index (χ2v) is 4.38. The Kier molecular flexibility index (Phi) is 3.01. The molecule has 3 rings (SSSR count). The first kappa shape index (κ1) is 10.9. The van der Waals surface area contributed by atoms with Crippen LogP contribution in [0.1, 0.15) is 5.56 Å². The highest BCUT2D eigenvalue weighted by Crippen LogP contribution is 2.19. The molecule has 0 atom stereocenters. The van der Waals surface area contributed by atoms with Crippen molar-refractivity contribution < 1.29 is 4.42 Å². The number of anilines is 1. The van der Waals surface area contributed by atoms with E-state index in [9.17, 15) is 0 Å². The molecule has 2 nitrogen and oxygen atoms in total. The Morgan fingerprint density at radius 2 is 1.72 bits per heavy atom. The van der Waals surface area contributed by atoms with E-state index in [4.69, 9.17) is 4.42 Å². The van der Waals surface area contributed by atoms with Crippen LogP contribution in [-0.2, 0) is 6.42 Å². The summed E-state index contributed by atoms with van der Waals surface area (Å²) in [6, 6.07) is 16.8. The molecule has 1 aromatic heterocycles. The maximum Gasteiger partial charge on any atom is 0.0982 e. The average molecular weight is 237 g/mol. The summed E-state index contributed by atoms with van der Waals surface area (Å²) in [6.45, 7) is 0.938. The van der Waals surface area contributed by atoms with Gasteiger partial charge in [0.1, 0.15) is 0 Å². The standard InChI is InChI=1S/C16H15NO/c1-2-4-13(5-3-1)8-9-17-16-7-6-14-11-18-12-15(14)10-16/h1-7,10-12,17H,8-9H2. The van der Waals surface area contributed by atoms with Gasteiger partial charge in [0.15, 0.2) is 0 Å². The molecule has 1 heterocycles. The number of nitrogens with one attached hydrogen (secondary N) is 1. The van der Waals surface area contributed by atoms with E-state index in [2.05, 4.69) is 47.8 Å². The molecule has 0 aliphatic carbocycles. The number of hydrogen-bond acceptors (Lipinski definition) is 2. The van der Waals surface area contributed by atoms with E-state index >= 15 is 0 Å². The fourth-order valence-corrected chi connectivity index (χ4v) is 2.07. The van der Waals surface area contributed by atoms with Crippen LogP contribution in [-0.4, -0.2) is 6.54 Å². The highest BCUT2D eigenvalue weighted by atomic mass is 16.3. The predicted octanol–water partition coefficient (Wildman–Crippen LogP) is 4.09. The minimum atomic E-state index is 0.938. The lowest BCUT2D eigenvalue weighted by atomic mass is 10.1. The van der Waals surface area contributed by atoms with Gasteiger partial charge in [-0.1, -0.05) is 30.3 Å². The van der Waals surface area contributed by atoms with Crippen LogP contribution in [0.2, 0.25) is 0 Å². The molecule has 0 bridgehead atoms. The molecule has 0 unspecified atom stereocenters. The van der Waals surface area contributed by atoms with E-state index in [0.29, 0.717) is 0 Å². The highest BCUT2D eigenvalue weighted by molar-refractivity contribution is 5.84. The third kappa shape index (κ3) is 2.38. The molecule has 18 heavy (non-hydrogen) atoms. The van der Waals surface area contributed by atoms with Crippen LogP contribution in [0.4, 0.5) is 5.69 Å². The zero-order chi connectivity index (χ0) is 12.2. The van der Waals surface area contributed by atoms with Gasteiger partial charge in [-0.15, -0.1) is 0 Å². The number of fused-ring (bicyclic) bond motifs is 1. The van der Waals surface area contributed by atoms with Crippen molar-refractivity contribution in [2.75, 3.05) is 11.9 Å². The summed E-state index contributed by atoms with van der Waals surface area (Å²) in [5, 5.41) is 5.71. The first-order valence-corrected chi connectivity index (χ1v) is 6.15. The molecule has 0 fully saturated rings. The van der Waals surface area contributed by atoms with Crippen LogP contribution in [0.5, 0.6) is 0 Å². The van der Waals surface area contributed by atoms with Gasteiger partial charge in [0.2, 0.25) is 0 Å². The van der Waals surface area contributed by atoms with Gasteiger partial charge >= 0.3 is 0 Å². The van der Waals surface area contributed by atoms with Gasteiger partial charge in [0.25, 0.3) is 0 Å². The molecule has 2 aromatic carbocycles. The maximum atomic E-state index is 5.17. The summed E-state index contributed by atoms with van der Waals surface area (Å²) in [7, 11) is 0. The molecule has 0 saturated carbocycles. The quantitative estimate of drug-likeness (QED) is 0.739. The van der Waals surface area contributed by atoms with Crippen LogP contribution in [0.25, 0.3) is 10.8 Å². The van der Waals surface area contributed by atoms with Crippen molar-refractivity contribution >= 4 is 16.5 Å². The number of furan rings is 1. The first-order valence-electron chi connectivity index (χ1n) is 6.15. The SMILES string of the molecule is c1ccc(CCNc2ccc3cocc3c2)cc1. The Balaban J connectivity index is 1.62. The summed E-state index contributed by atoms with van der Waals surface area (Å²) < 4.78 is 5.17. The van der Waals surface area contributed by atoms with Crippen LogP contribution >= 0.6 is 0 Å². The maximum absolute atomic E-state index is 5.17. The van der Waals surface area contributed by atoms with E-state index in [1.165, 1.54) is 5.56 Å². The molecule has 0 aliphatic heterocycles. The minimum Gasteiger partial charge on any atom is -0.471 e. The summed E-state index contributed by atoms with van der Waals surface area (Å²) >= 11 is 0. The highest BCUT2D eigenvalue weighted by Gasteiger charge is 1.98. The van der Waals surface area contributed by atoms with Crippen molar-refractivity contribution in [2.24, 2.45) is 0 Å². The van der Waals surface area contributed by atoms with Crippen molar-refractivity contribution in [2.45, 2.75) is 6.42 Å². The predicted molar refractivity (Wildman–Crippen MR) is 74.8 cm³/mol. The topological polar surface area (TPSA) is 25.2 Å². The zero-order valence-corrected chi connectivity index (χ0v) is 10.1. The average Bonchev–Trinajstić information content (AvgIpc) is 2.87. The van der Waals surface area contributed by atoms with Gasteiger partial charge in [0, 0.05) is 23.0 Å². The third-order valence-electron chi connectivity index (χ3n) is 3.06. The van der Waals surface area contributed by atoms with E-state index < -0.39 is 0 Å². The summed E-state index contributed by atoms with van der Waals surface area (Å²) in [6.07, 6.45) is 4.57. The Labute approximate surface area is 106 Å². The molecule has 0 saturated heterocycles. The summed E-state index contributed by atoms with van der Waals surface area (Å²) in [5.41, 5.74) is 2.49. The Morgan fingerprint density at radius 1 is 0.889 bits per heavy atom.